The first-order valence-electron chi connectivity index (χ1n) is 5.87. The van der Waals surface area contributed by atoms with Gasteiger partial charge in [0.1, 0.15) is 11.6 Å². The Balaban J connectivity index is 1.91. The van der Waals surface area contributed by atoms with E-state index in [1.54, 1.807) is 0 Å². The smallest absolute Gasteiger partial charge is 0.149 e. The van der Waals surface area contributed by atoms with Gasteiger partial charge >= 0.3 is 0 Å². The van der Waals surface area contributed by atoms with Crippen LogP contribution in [-0.4, -0.2) is 6.04 Å². The lowest BCUT2D eigenvalue weighted by atomic mass is 9.81. The minimum absolute atomic E-state index is 0.241. The van der Waals surface area contributed by atoms with Crippen LogP contribution < -0.4 is 5.32 Å². The normalized spacial score (nSPS) is 17.9. The highest BCUT2D eigenvalue weighted by Crippen LogP contribution is 2.31. The third-order valence-electron chi connectivity index (χ3n) is 3.24. The van der Waals surface area contributed by atoms with Crippen LogP contribution in [-0.2, 0) is 0 Å². The van der Waals surface area contributed by atoms with Crippen molar-refractivity contribution in [2.45, 2.75) is 38.6 Å². The third kappa shape index (κ3) is 2.71. The fourth-order valence-electron chi connectivity index (χ4n) is 2.16. The van der Waals surface area contributed by atoms with Crippen molar-refractivity contribution in [3.05, 3.63) is 29.8 Å². The Morgan fingerprint density at radius 1 is 1.38 bits per heavy atom. The maximum Gasteiger partial charge on any atom is 0.149 e. The molecule has 88 valence electrons. The molecule has 1 N–H and O–H groups in total. The number of hydrogen-bond acceptors (Lipinski definition) is 1. The topological polar surface area (TPSA) is 12.0 Å². The number of benzene rings is 1. The van der Waals surface area contributed by atoms with Crippen molar-refractivity contribution in [2.75, 3.05) is 5.32 Å². The van der Waals surface area contributed by atoms with Gasteiger partial charge < -0.3 is 5.32 Å². The fourth-order valence-corrected chi connectivity index (χ4v) is 2.16. The van der Waals surface area contributed by atoms with E-state index in [0.29, 0.717) is 5.69 Å². The summed E-state index contributed by atoms with van der Waals surface area (Å²) >= 11 is 0. The van der Waals surface area contributed by atoms with Crippen LogP contribution in [0, 0.1) is 17.6 Å². The van der Waals surface area contributed by atoms with Gasteiger partial charge in [0.15, 0.2) is 0 Å². The molecule has 0 aromatic heterocycles. The van der Waals surface area contributed by atoms with Crippen molar-refractivity contribution >= 4 is 5.69 Å². The molecule has 1 nitrogen and oxygen atoms in total. The summed E-state index contributed by atoms with van der Waals surface area (Å²) < 4.78 is 26.0. The fraction of sp³-hybridized carbons (Fsp3) is 0.538. The van der Waals surface area contributed by atoms with Crippen LogP contribution in [0.3, 0.4) is 0 Å². The summed E-state index contributed by atoms with van der Waals surface area (Å²) in [5.74, 6) is -0.263. The molecule has 0 saturated heterocycles. The average molecular weight is 225 g/mol. The Bertz CT molecular complexity index is 361. The molecular formula is C13H17F2N. The molecule has 1 aromatic rings. The summed E-state index contributed by atoms with van der Waals surface area (Å²) in [6.07, 6.45) is 4.97. The number of hydrogen-bond donors (Lipinski definition) is 1. The Labute approximate surface area is 94.9 Å². The quantitative estimate of drug-likeness (QED) is 0.818. The molecule has 0 radical (unpaired) electrons. The number of anilines is 1. The molecule has 0 bridgehead atoms. The molecule has 0 aliphatic heterocycles. The molecule has 1 fully saturated rings. The molecule has 1 saturated carbocycles. The Morgan fingerprint density at radius 3 is 2.69 bits per heavy atom. The van der Waals surface area contributed by atoms with Gasteiger partial charge in [0.2, 0.25) is 0 Å². The summed E-state index contributed by atoms with van der Waals surface area (Å²) in [4.78, 5) is 0. The van der Waals surface area contributed by atoms with Crippen molar-refractivity contribution < 1.29 is 8.78 Å². The summed E-state index contributed by atoms with van der Waals surface area (Å²) in [7, 11) is 0. The molecule has 0 amide bonds. The highest BCUT2D eigenvalue weighted by atomic mass is 19.1. The van der Waals surface area contributed by atoms with Crippen LogP contribution in [0.25, 0.3) is 0 Å². The molecule has 1 aliphatic rings. The van der Waals surface area contributed by atoms with Gasteiger partial charge in [-0.3, -0.25) is 0 Å². The zero-order valence-electron chi connectivity index (χ0n) is 9.47. The standard InChI is InChI=1S/C13H17F2N/c1-9(7-10-3-2-4-10)16-13-6-5-11(14)8-12(13)15/h5-6,8-10,16H,2-4,7H2,1H3. The lowest BCUT2D eigenvalue weighted by Gasteiger charge is -2.29. The first-order valence-corrected chi connectivity index (χ1v) is 5.87. The number of halogens is 2. The van der Waals surface area contributed by atoms with Gasteiger partial charge in [0.05, 0.1) is 5.69 Å². The second kappa shape index (κ2) is 4.81. The average Bonchev–Trinajstić information content (AvgIpc) is 2.16. The summed E-state index contributed by atoms with van der Waals surface area (Å²) in [5.41, 5.74) is 0.397. The van der Waals surface area contributed by atoms with Gasteiger partial charge in [-0.05, 0) is 31.4 Å². The van der Waals surface area contributed by atoms with Crippen molar-refractivity contribution in [3.8, 4) is 0 Å². The van der Waals surface area contributed by atoms with Crippen LogP contribution >= 0.6 is 0 Å². The number of nitrogens with one attached hydrogen (secondary N) is 1. The first kappa shape index (κ1) is 11.4. The maximum atomic E-state index is 13.3. The Hall–Kier alpha value is -1.12. The Morgan fingerprint density at radius 2 is 2.12 bits per heavy atom. The second-order valence-corrected chi connectivity index (χ2v) is 4.70. The first-order chi connectivity index (χ1) is 7.65. The molecule has 3 heteroatoms. The van der Waals surface area contributed by atoms with Crippen LogP contribution in [0.4, 0.5) is 14.5 Å². The van der Waals surface area contributed by atoms with Gasteiger partial charge in [-0.1, -0.05) is 19.3 Å². The van der Waals surface area contributed by atoms with E-state index in [9.17, 15) is 8.78 Å². The second-order valence-electron chi connectivity index (χ2n) is 4.70. The van der Waals surface area contributed by atoms with E-state index in [4.69, 9.17) is 0 Å². The van der Waals surface area contributed by atoms with Gasteiger partial charge in [-0.25, -0.2) is 8.78 Å². The van der Waals surface area contributed by atoms with Crippen molar-refractivity contribution in [1.82, 2.24) is 0 Å². The largest absolute Gasteiger partial charge is 0.380 e. The summed E-state index contributed by atoms with van der Waals surface area (Å²) in [6.45, 7) is 2.04. The van der Waals surface area contributed by atoms with E-state index in [2.05, 4.69) is 5.32 Å². The lowest BCUT2D eigenvalue weighted by molar-refractivity contribution is 0.285. The summed E-state index contributed by atoms with van der Waals surface area (Å²) in [6, 6.07) is 3.90. The molecule has 1 unspecified atom stereocenters. The third-order valence-corrected chi connectivity index (χ3v) is 3.24. The molecule has 16 heavy (non-hydrogen) atoms. The van der Waals surface area contributed by atoms with E-state index in [1.165, 1.54) is 31.4 Å². The van der Waals surface area contributed by atoms with Gasteiger partial charge in [-0.15, -0.1) is 0 Å². The highest BCUT2D eigenvalue weighted by Gasteiger charge is 2.20. The summed E-state index contributed by atoms with van der Waals surface area (Å²) in [5, 5.41) is 3.09. The van der Waals surface area contributed by atoms with Gasteiger partial charge in [0.25, 0.3) is 0 Å². The highest BCUT2D eigenvalue weighted by molar-refractivity contribution is 5.45. The Kier molecular flexibility index (Phi) is 3.42. The molecular weight excluding hydrogens is 208 g/mol. The SMILES string of the molecule is CC(CC1CCC1)Nc1ccc(F)cc1F. The van der Waals surface area contributed by atoms with Crippen molar-refractivity contribution in [1.29, 1.82) is 0 Å². The monoisotopic (exact) mass is 225 g/mol. The van der Waals surface area contributed by atoms with E-state index >= 15 is 0 Å². The zero-order chi connectivity index (χ0) is 11.5. The van der Waals surface area contributed by atoms with Crippen LogP contribution in [0.5, 0.6) is 0 Å². The molecule has 1 atom stereocenters. The van der Waals surface area contributed by atoms with E-state index in [0.717, 1.165) is 18.4 Å². The predicted octanol–water partition coefficient (Wildman–Crippen LogP) is 3.96. The van der Waals surface area contributed by atoms with Crippen LogP contribution in [0.2, 0.25) is 0 Å². The van der Waals surface area contributed by atoms with E-state index in [1.807, 2.05) is 6.92 Å². The van der Waals surface area contributed by atoms with Crippen molar-refractivity contribution in [3.63, 3.8) is 0 Å². The van der Waals surface area contributed by atoms with Gasteiger partial charge in [-0.2, -0.15) is 0 Å². The lowest BCUT2D eigenvalue weighted by Crippen LogP contribution is -2.23. The van der Waals surface area contributed by atoms with Crippen LogP contribution in [0.15, 0.2) is 18.2 Å². The van der Waals surface area contributed by atoms with E-state index in [-0.39, 0.29) is 6.04 Å². The maximum absolute atomic E-state index is 13.3. The minimum atomic E-state index is -0.533. The van der Waals surface area contributed by atoms with Crippen LogP contribution in [0.1, 0.15) is 32.6 Å². The minimum Gasteiger partial charge on any atom is -0.380 e. The van der Waals surface area contributed by atoms with Gasteiger partial charge in [0, 0.05) is 12.1 Å². The molecule has 1 aromatic carbocycles. The molecule has 2 rings (SSSR count). The molecule has 0 spiro atoms. The molecule has 0 heterocycles. The molecule has 1 aliphatic carbocycles. The van der Waals surface area contributed by atoms with Crippen molar-refractivity contribution in [2.24, 2.45) is 5.92 Å². The zero-order valence-corrected chi connectivity index (χ0v) is 9.47. The predicted molar refractivity (Wildman–Crippen MR) is 61.4 cm³/mol. The van der Waals surface area contributed by atoms with E-state index < -0.39 is 11.6 Å². The number of rotatable bonds is 4.